The zero-order valence-corrected chi connectivity index (χ0v) is 32.3. The minimum Gasteiger partial charge on any atom is -0.456 e. The van der Waals surface area contributed by atoms with Crippen LogP contribution >= 0.6 is 0 Å². The lowest BCUT2D eigenvalue weighted by Crippen LogP contribution is -2.15. The summed E-state index contributed by atoms with van der Waals surface area (Å²) in [4.78, 5) is 2.34. The van der Waals surface area contributed by atoms with Gasteiger partial charge in [-0.15, -0.1) is 0 Å². The molecule has 12 aromatic rings. The molecule has 0 aliphatic heterocycles. The highest BCUT2D eigenvalue weighted by molar-refractivity contribution is 6.30. The van der Waals surface area contributed by atoms with Crippen molar-refractivity contribution in [3.05, 3.63) is 175 Å². The van der Waals surface area contributed by atoms with Crippen molar-refractivity contribution in [2.75, 3.05) is 4.90 Å². The molecule has 14 rings (SSSR count). The van der Waals surface area contributed by atoms with Gasteiger partial charge in [0.05, 0.1) is 0 Å². The van der Waals surface area contributed by atoms with E-state index in [4.69, 9.17) is 13.3 Å². The number of hydrogen-bond acceptors (Lipinski definition) is 4. The molecule has 4 heteroatoms. The molecule has 0 radical (unpaired) electrons. The first-order valence-electron chi connectivity index (χ1n) is 20.3. The van der Waals surface area contributed by atoms with Crippen molar-refractivity contribution in [3.8, 4) is 33.4 Å². The first-order valence-corrected chi connectivity index (χ1v) is 20.3. The number of nitrogens with zero attached hydrogens (tertiary/aromatic N) is 1. The molecule has 0 bridgehead atoms. The molecule has 0 amide bonds. The molecular formula is C55H33NO3. The topological polar surface area (TPSA) is 42.7 Å². The van der Waals surface area contributed by atoms with Crippen molar-refractivity contribution in [3.63, 3.8) is 0 Å². The van der Waals surface area contributed by atoms with E-state index in [2.05, 4.69) is 158 Å². The zero-order chi connectivity index (χ0) is 38.7. The van der Waals surface area contributed by atoms with Crippen molar-refractivity contribution >= 4 is 93.7 Å². The van der Waals surface area contributed by atoms with Gasteiger partial charge in [0.2, 0.25) is 0 Å². The molecule has 0 fully saturated rings. The van der Waals surface area contributed by atoms with Crippen LogP contribution in [0.15, 0.2) is 177 Å². The maximum absolute atomic E-state index is 6.57. The number of para-hydroxylation sites is 2. The van der Waals surface area contributed by atoms with Crippen molar-refractivity contribution < 1.29 is 13.3 Å². The van der Waals surface area contributed by atoms with Gasteiger partial charge in [0, 0.05) is 66.2 Å². The van der Waals surface area contributed by atoms with Gasteiger partial charge in [0.15, 0.2) is 0 Å². The van der Waals surface area contributed by atoms with Crippen LogP contribution in [0, 0.1) is 0 Å². The van der Waals surface area contributed by atoms with E-state index in [0.29, 0.717) is 0 Å². The van der Waals surface area contributed by atoms with E-state index in [9.17, 15) is 0 Å². The summed E-state index contributed by atoms with van der Waals surface area (Å²) in [6, 6.07) is 59.1. The van der Waals surface area contributed by atoms with E-state index in [1.807, 2.05) is 24.3 Å². The summed E-state index contributed by atoms with van der Waals surface area (Å²) in [5.74, 6) is 0. The molecule has 0 saturated heterocycles. The highest BCUT2D eigenvalue weighted by Crippen LogP contribution is 2.60. The molecule has 3 aromatic heterocycles. The Kier molecular flexibility index (Phi) is 5.81. The molecule has 59 heavy (non-hydrogen) atoms. The van der Waals surface area contributed by atoms with Crippen LogP contribution < -0.4 is 4.90 Å². The Hall–Kier alpha value is -7.56. The molecule has 0 spiro atoms. The summed E-state index contributed by atoms with van der Waals surface area (Å²) < 4.78 is 19.3. The maximum Gasteiger partial charge on any atom is 0.137 e. The number of rotatable bonds is 4. The standard InChI is InChI=1S/C55H33NO3/c1-55(2)42-22-17-30-18-23-48-54-50(30)53(42)51-41(39-13-8-16-47(59-48)52(39)54)26-32(27-43(51)55)31-9-7-10-33(25-31)56(34-20-24-46-40(28-34)37-12-4-6-15-45(37)57-46)35-19-21-38-36-11-3-5-14-44(36)58-49(38)29-35/h3-29H,1-2H3. The number of anilines is 3. The second-order valence-electron chi connectivity index (χ2n) is 16.8. The fourth-order valence-corrected chi connectivity index (χ4v) is 10.6. The average Bonchev–Trinajstić information content (AvgIpc) is 3.99. The van der Waals surface area contributed by atoms with Crippen LogP contribution in [-0.2, 0) is 5.41 Å². The summed E-state index contributed by atoms with van der Waals surface area (Å²) in [6.07, 6.45) is 0. The van der Waals surface area contributed by atoms with Gasteiger partial charge in [-0.1, -0.05) is 92.7 Å². The SMILES string of the molecule is CC1(C)c2cc(-c3cccc(N(c4ccc5c(c4)oc4ccccc45)c4ccc5oc6ccccc6c5c4)c3)cc3c2-c2c1ccc1ccc4oc5cccc-3c5c4c21. The van der Waals surface area contributed by atoms with E-state index in [0.717, 1.165) is 77.7 Å². The minimum absolute atomic E-state index is 0.199. The van der Waals surface area contributed by atoms with Crippen molar-refractivity contribution in [2.45, 2.75) is 19.3 Å². The molecule has 276 valence electrons. The maximum atomic E-state index is 6.57. The van der Waals surface area contributed by atoms with Crippen molar-refractivity contribution in [2.24, 2.45) is 0 Å². The molecule has 2 aliphatic carbocycles. The lowest BCUT2D eigenvalue weighted by Gasteiger charge is -2.26. The molecule has 0 unspecified atom stereocenters. The van der Waals surface area contributed by atoms with Gasteiger partial charge in [-0.05, 0) is 129 Å². The number of benzene rings is 9. The monoisotopic (exact) mass is 755 g/mol. The molecule has 4 nitrogen and oxygen atoms in total. The summed E-state index contributed by atoms with van der Waals surface area (Å²) in [5, 5.41) is 9.40. The highest BCUT2D eigenvalue weighted by Gasteiger charge is 2.40. The quantitative estimate of drug-likeness (QED) is 0.179. The van der Waals surface area contributed by atoms with Crippen LogP contribution in [0.4, 0.5) is 17.1 Å². The first-order chi connectivity index (χ1) is 29.0. The van der Waals surface area contributed by atoms with Crippen LogP contribution in [0.5, 0.6) is 0 Å². The van der Waals surface area contributed by atoms with E-state index in [-0.39, 0.29) is 5.41 Å². The smallest absolute Gasteiger partial charge is 0.137 e. The third-order valence-corrected chi connectivity index (χ3v) is 13.3. The summed E-state index contributed by atoms with van der Waals surface area (Å²) >= 11 is 0. The molecule has 0 saturated carbocycles. The van der Waals surface area contributed by atoms with Crippen molar-refractivity contribution in [1.29, 1.82) is 0 Å². The molecule has 3 heterocycles. The van der Waals surface area contributed by atoms with Crippen molar-refractivity contribution in [1.82, 2.24) is 0 Å². The Balaban J connectivity index is 1.01. The zero-order valence-electron chi connectivity index (χ0n) is 32.3. The number of furan rings is 3. The van der Waals surface area contributed by atoms with E-state index in [1.165, 1.54) is 60.5 Å². The van der Waals surface area contributed by atoms with Crippen LogP contribution in [0.2, 0.25) is 0 Å². The lowest BCUT2D eigenvalue weighted by molar-refractivity contribution is 0.661. The first kappa shape index (κ1) is 31.5. The normalized spacial score (nSPS) is 13.7. The Morgan fingerprint density at radius 2 is 1.02 bits per heavy atom. The molecule has 0 atom stereocenters. The third-order valence-electron chi connectivity index (χ3n) is 13.3. The van der Waals surface area contributed by atoms with E-state index < -0.39 is 0 Å². The predicted octanol–water partition coefficient (Wildman–Crippen LogP) is 16.0. The van der Waals surface area contributed by atoms with E-state index >= 15 is 0 Å². The Morgan fingerprint density at radius 3 is 1.90 bits per heavy atom. The van der Waals surface area contributed by atoms with Crippen LogP contribution in [0.1, 0.15) is 25.0 Å². The molecule has 2 aliphatic rings. The molecule has 0 N–H and O–H groups in total. The number of fused-ring (bicyclic) bond motifs is 7. The Bertz CT molecular complexity index is 3840. The van der Waals surface area contributed by atoms with Gasteiger partial charge >= 0.3 is 0 Å². The van der Waals surface area contributed by atoms with Gasteiger partial charge in [-0.25, -0.2) is 0 Å². The third kappa shape index (κ3) is 4.07. The van der Waals surface area contributed by atoms with Gasteiger partial charge in [-0.3, -0.25) is 0 Å². The lowest BCUT2D eigenvalue weighted by atomic mass is 9.80. The number of hydrogen-bond donors (Lipinski definition) is 0. The van der Waals surface area contributed by atoms with Crippen LogP contribution in [0.25, 0.3) is 110 Å². The minimum atomic E-state index is -0.199. The second kappa shape index (κ2) is 10.9. The predicted molar refractivity (Wildman–Crippen MR) is 242 cm³/mol. The fraction of sp³-hybridized carbons (Fsp3) is 0.0545. The summed E-state index contributed by atoms with van der Waals surface area (Å²) in [6.45, 7) is 4.77. The Labute approximate surface area is 338 Å². The molecular weight excluding hydrogens is 723 g/mol. The van der Waals surface area contributed by atoms with E-state index in [1.54, 1.807) is 0 Å². The van der Waals surface area contributed by atoms with Gasteiger partial charge in [-0.2, -0.15) is 0 Å². The highest BCUT2D eigenvalue weighted by atomic mass is 16.3. The van der Waals surface area contributed by atoms with Gasteiger partial charge in [0.25, 0.3) is 0 Å². The molecule has 9 aromatic carbocycles. The summed E-state index contributed by atoms with van der Waals surface area (Å²) in [7, 11) is 0. The van der Waals surface area contributed by atoms with Gasteiger partial charge in [0.1, 0.15) is 33.5 Å². The van der Waals surface area contributed by atoms with Crippen LogP contribution in [-0.4, -0.2) is 0 Å². The largest absolute Gasteiger partial charge is 0.456 e. The second-order valence-corrected chi connectivity index (χ2v) is 16.8. The van der Waals surface area contributed by atoms with Gasteiger partial charge < -0.3 is 18.2 Å². The van der Waals surface area contributed by atoms with Crippen LogP contribution in [0.3, 0.4) is 0 Å². The average molecular weight is 756 g/mol. The Morgan fingerprint density at radius 1 is 0.373 bits per heavy atom. The fourth-order valence-electron chi connectivity index (χ4n) is 10.6. The summed E-state index contributed by atoms with van der Waals surface area (Å²) in [5.41, 5.74) is 18.5.